The smallest absolute Gasteiger partial charge is 0.311 e. The number of nitrogens with one attached hydrogen (secondary N) is 2. The second-order valence-corrected chi connectivity index (χ2v) is 10.4. The Labute approximate surface area is 245 Å². The Morgan fingerprint density at radius 3 is 2.45 bits per heavy atom. The molecule has 0 atom stereocenters. The second kappa shape index (κ2) is 14.6. The molecule has 0 aliphatic heterocycles. The molecule has 42 heavy (non-hydrogen) atoms. The fraction of sp³-hybridized carbons (Fsp3) is 0.206. The van der Waals surface area contributed by atoms with E-state index in [2.05, 4.69) is 11.1 Å². The van der Waals surface area contributed by atoms with Crippen molar-refractivity contribution in [1.82, 2.24) is 15.4 Å². The van der Waals surface area contributed by atoms with Crippen LogP contribution in [0.4, 0.5) is 0 Å². The zero-order valence-electron chi connectivity index (χ0n) is 23.7. The number of amides is 2. The maximum Gasteiger partial charge on any atom is 0.311 e. The molecule has 1 aromatic heterocycles. The summed E-state index contributed by atoms with van der Waals surface area (Å²) in [6.45, 7) is 4.76. The molecule has 0 spiro atoms. The van der Waals surface area contributed by atoms with Gasteiger partial charge in [0, 0.05) is 54.3 Å². The summed E-state index contributed by atoms with van der Waals surface area (Å²) in [7, 11) is 0. The Hall–Kier alpha value is -4.95. The number of aromatic amines is 1. The third-order valence-electron chi connectivity index (χ3n) is 6.65. The molecular formula is C34H35N3O5. The van der Waals surface area contributed by atoms with Crippen molar-refractivity contribution in [3.05, 3.63) is 113 Å². The molecule has 0 fully saturated rings. The maximum absolute atomic E-state index is 13.5. The quantitative estimate of drug-likeness (QED) is 0.0649. The molecular weight excluding hydrogens is 530 g/mol. The van der Waals surface area contributed by atoms with Gasteiger partial charge in [0.05, 0.1) is 0 Å². The van der Waals surface area contributed by atoms with Crippen LogP contribution in [0.15, 0.2) is 91.1 Å². The van der Waals surface area contributed by atoms with Crippen molar-refractivity contribution >= 4 is 40.8 Å². The molecule has 4 aromatic rings. The molecule has 0 aliphatic rings. The second-order valence-electron chi connectivity index (χ2n) is 10.4. The summed E-state index contributed by atoms with van der Waals surface area (Å²) in [4.78, 5) is 42.2. The Bertz CT molecular complexity index is 1580. The molecule has 1 heterocycles. The van der Waals surface area contributed by atoms with Crippen LogP contribution in [0.2, 0.25) is 0 Å². The van der Waals surface area contributed by atoms with Gasteiger partial charge in [-0.2, -0.15) is 0 Å². The third kappa shape index (κ3) is 8.52. The van der Waals surface area contributed by atoms with Gasteiger partial charge in [0.2, 0.25) is 5.91 Å². The van der Waals surface area contributed by atoms with Crippen molar-refractivity contribution < 1.29 is 24.3 Å². The summed E-state index contributed by atoms with van der Waals surface area (Å²) in [5.41, 5.74) is 6.07. The highest BCUT2D eigenvalue weighted by molar-refractivity contribution is 5.93. The fourth-order valence-electron chi connectivity index (χ4n) is 4.50. The van der Waals surface area contributed by atoms with Gasteiger partial charge in [-0.25, -0.2) is 5.48 Å². The lowest BCUT2D eigenvalue weighted by Gasteiger charge is -2.22. The summed E-state index contributed by atoms with van der Waals surface area (Å²) in [6.07, 6.45) is 8.95. The van der Waals surface area contributed by atoms with E-state index in [1.807, 2.05) is 68.6 Å². The van der Waals surface area contributed by atoms with E-state index in [1.165, 1.54) is 12.2 Å². The van der Waals surface area contributed by atoms with E-state index in [0.717, 1.165) is 27.6 Å². The van der Waals surface area contributed by atoms with Crippen LogP contribution in [0, 0.1) is 5.92 Å². The molecule has 8 heteroatoms. The fourth-order valence-corrected chi connectivity index (χ4v) is 4.50. The van der Waals surface area contributed by atoms with Gasteiger partial charge in [-0.3, -0.25) is 19.6 Å². The zero-order valence-corrected chi connectivity index (χ0v) is 23.7. The minimum absolute atomic E-state index is 0.178. The average molecular weight is 566 g/mol. The predicted molar refractivity (Wildman–Crippen MR) is 163 cm³/mol. The number of nitrogens with zero attached hydrogens (tertiary/aromatic N) is 1. The number of aromatic nitrogens is 1. The maximum atomic E-state index is 13.5. The molecule has 2 amide bonds. The minimum Gasteiger partial charge on any atom is -0.426 e. The molecule has 216 valence electrons. The normalized spacial score (nSPS) is 11.4. The highest BCUT2D eigenvalue weighted by atomic mass is 16.5. The van der Waals surface area contributed by atoms with Crippen molar-refractivity contribution in [3.63, 3.8) is 0 Å². The molecule has 0 saturated carbocycles. The van der Waals surface area contributed by atoms with Crippen molar-refractivity contribution in [1.29, 1.82) is 0 Å². The Balaban J connectivity index is 1.52. The first-order valence-electron chi connectivity index (χ1n) is 13.8. The van der Waals surface area contributed by atoms with Crippen molar-refractivity contribution in [2.75, 3.05) is 6.54 Å². The lowest BCUT2D eigenvalue weighted by atomic mass is 10.1. The molecule has 3 N–H and O–H groups in total. The number of H-pyrrole nitrogens is 1. The van der Waals surface area contributed by atoms with Gasteiger partial charge in [0.15, 0.2) is 0 Å². The molecule has 0 saturated heterocycles. The number of carbonyl (C=O) groups is 3. The van der Waals surface area contributed by atoms with Crippen LogP contribution in [-0.2, 0) is 27.3 Å². The molecule has 0 radical (unpaired) electrons. The Morgan fingerprint density at radius 1 is 0.952 bits per heavy atom. The number of para-hydroxylation sites is 2. The summed E-state index contributed by atoms with van der Waals surface area (Å²) in [5, 5.41) is 9.79. The van der Waals surface area contributed by atoms with Crippen LogP contribution in [0.3, 0.4) is 0 Å². The van der Waals surface area contributed by atoms with Crippen LogP contribution in [0.1, 0.15) is 42.5 Å². The molecule has 0 aliphatic carbocycles. The van der Waals surface area contributed by atoms with Gasteiger partial charge < -0.3 is 14.6 Å². The molecule has 4 rings (SSSR count). The summed E-state index contributed by atoms with van der Waals surface area (Å²) < 4.78 is 5.57. The topological polar surface area (TPSA) is 112 Å². The molecule has 0 bridgehead atoms. The van der Waals surface area contributed by atoms with E-state index in [4.69, 9.17) is 9.94 Å². The first kappa shape index (κ1) is 30.0. The molecule has 0 unspecified atom stereocenters. The standard InChI is InChI=1S/C34H35N3O5/c1-24(2)21-34(40)42-31-10-6-3-7-27(31)16-18-33(39)37(20-19-28-22-35-30-9-5-4-8-29(28)30)23-26-13-11-25(12-14-26)15-17-32(38)36-41/h3-18,22,24,35,41H,19-21,23H2,1-2H3,(H,36,38)/b17-15+,18-16-. The van der Waals surface area contributed by atoms with E-state index in [0.29, 0.717) is 37.2 Å². The highest BCUT2D eigenvalue weighted by Crippen LogP contribution is 2.22. The highest BCUT2D eigenvalue weighted by Gasteiger charge is 2.15. The van der Waals surface area contributed by atoms with Gasteiger partial charge in [-0.1, -0.05) is 74.5 Å². The van der Waals surface area contributed by atoms with E-state index in [-0.39, 0.29) is 17.8 Å². The largest absolute Gasteiger partial charge is 0.426 e. The number of ether oxygens (including phenoxy) is 1. The van der Waals surface area contributed by atoms with Crippen LogP contribution in [-0.4, -0.2) is 39.4 Å². The predicted octanol–water partition coefficient (Wildman–Crippen LogP) is 5.92. The number of benzene rings is 3. The number of hydroxylamine groups is 1. The number of rotatable bonds is 12. The SMILES string of the molecule is CC(C)CC(=O)Oc1ccccc1/C=C\C(=O)N(CCc1c[nH]c2ccccc12)Cc1ccc(/C=C/C(=O)NO)cc1. The van der Waals surface area contributed by atoms with Gasteiger partial charge in [0.1, 0.15) is 5.75 Å². The van der Waals surface area contributed by atoms with E-state index >= 15 is 0 Å². The van der Waals surface area contributed by atoms with E-state index in [9.17, 15) is 14.4 Å². The lowest BCUT2D eigenvalue weighted by Crippen LogP contribution is -2.31. The average Bonchev–Trinajstić information content (AvgIpc) is 3.40. The van der Waals surface area contributed by atoms with Crippen molar-refractivity contribution in [3.8, 4) is 5.75 Å². The van der Waals surface area contributed by atoms with E-state index in [1.54, 1.807) is 40.7 Å². The number of hydrogen-bond acceptors (Lipinski definition) is 5. The van der Waals surface area contributed by atoms with Crippen LogP contribution >= 0.6 is 0 Å². The Kier molecular flexibility index (Phi) is 10.4. The monoisotopic (exact) mass is 565 g/mol. The number of fused-ring (bicyclic) bond motifs is 1. The number of carbonyl (C=O) groups excluding carboxylic acids is 3. The van der Waals surface area contributed by atoms with Crippen LogP contribution in [0.25, 0.3) is 23.1 Å². The van der Waals surface area contributed by atoms with Gasteiger partial charge in [-0.05, 0) is 53.3 Å². The number of hydrogen-bond donors (Lipinski definition) is 3. The molecule has 3 aromatic carbocycles. The van der Waals surface area contributed by atoms with Crippen LogP contribution in [0.5, 0.6) is 5.75 Å². The summed E-state index contributed by atoms with van der Waals surface area (Å²) >= 11 is 0. The Morgan fingerprint density at radius 2 is 1.69 bits per heavy atom. The third-order valence-corrected chi connectivity index (χ3v) is 6.65. The van der Waals surface area contributed by atoms with Gasteiger partial charge in [-0.15, -0.1) is 0 Å². The summed E-state index contributed by atoms with van der Waals surface area (Å²) in [5.74, 6) is -0.514. The van der Waals surface area contributed by atoms with Gasteiger partial charge in [0.25, 0.3) is 5.91 Å². The number of esters is 1. The minimum atomic E-state index is -0.615. The first-order chi connectivity index (χ1) is 20.3. The van der Waals surface area contributed by atoms with Crippen LogP contribution < -0.4 is 10.2 Å². The summed E-state index contributed by atoms with van der Waals surface area (Å²) in [6, 6.07) is 22.7. The zero-order chi connectivity index (χ0) is 29.9. The van der Waals surface area contributed by atoms with Gasteiger partial charge >= 0.3 is 5.97 Å². The van der Waals surface area contributed by atoms with Crippen molar-refractivity contribution in [2.24, 2.45) is 5.92 Å². The van der Waals surface area contributed by atoms with Crippen molar-refractivity contribution in [2.45, 2.75) is 33.2 Å². The lowest BCUT2D eigenvalue weighted by molar-refractivity contribution is -0.135. The first-order valence-corrected chi connectivity index (χ1v) is 13.8. The molecule has 8 nitrogen and oxygen atoms in total. The van der Waals surface area contributed by atoms with E-state index < -0.39 is 5.91 Å².